The summed E-state index contributed by atoms with van der Waals surface area (Å²) in [7, 11) is 0. The molecular formula is C9H5BrN2O2. The number of nitrogens with zero attached hydrogens (tertiary/aromatic N) is 2. The fourth-order valence-corrected chi connectivity index (χ4v) is 1.75. The lowest BCUT2D eigenvalue weighted by molar-refractivity contribution is -0.383. The molecule has 0 unspecified atom stereocenters. The highest BCUT2D eigenvalue weighted by molar-refractivity contribution is 9.10. The molecule has 0 aliphatic heterocycles. The third-order valence-corrected chi connectivity index (χ3v) is 2.63. The predicted octanol–water partition coefficient (Wildman–Crippen LogP) is 2.91. The van der Waals surface area contributed by atoms with Gasteiger partial charge >= 0.3 is 0 Å². The van der Waals surface area contributed by atoms with Crippen molar-refractivity contribution in [2.75, 3.05) is 0 Å². The zero-order chi connectivity index (χ0) is 10.1. The fourth-order valence-electron chi connectivity index (χ4n) is 1.30. The summed E-state index contributed by atoms with van der Waals surface area (Å²) in [5, 5.41) is 12.0. The molecule has 0 aliphatic rings. The largest absolute Gasteiger partial charge is 0.277 e. The van der Waals surface area contributed by atoms with Crippen molar-refractivity contribution < 1.29 is 4.92 Å². The highest BCUT2D eigenvalue weighted by Crippen LogP contribution is 2.30. The lowest BCUT2D eigenvalue weighted by Gasteiger charge is -2.00. The Kier molecular flexibility index (Phi) is 2.17. The van der Waals surface area contributed by atoms with Crippen molar-refractivity contribution in [1.82, 2.24) is 4.98 Å². The lowest BCUT2D eigenvalue weighted by Crippen LogP contribution is -1.90. The summed E-state index contributed by atoms with van der Waals surface area (Å²) in [6.45, 7) is 0. The minimum absolute atomic E-state index is 0.102. The van der Waals surface area contributed by atoms with Crippen LogP contribution in [0.2, 0.25) is 0 Å². The van der Waals surface area contributed by atoms with Crippen molar-refractivity contribution in [2.45, 2.75) is 0 Å². The SMILES string of the molecule is O=[N+]([O-])c1ccc(Br)c2cnccc12. The molecule has 70 valence electrons. The van der Waals surface area contributed by atoms with Gasteiger partial charge in [0.05, 0.1) is 10.3 Å². The molecule has 0 bridgehead atoms. The van der Waals surface area contributed by atoms with Gasteiger partial charge in [0.15, 0.2) is 0 Å². The Morgan fingerprint density at radius 1 is 1.29 bits per heavy atom. The summed E-state index contributed by atoms with van der Waals surface area (Å²) in [6.07, 6.45) is 3.15. The smallest absolute Gasteiger partial charge is 0.264 e. The van der Waals surface area contributed by atoms with Gasteiger partial charge in [0.1, 0.15) is 0 Å². The Morgan fingerprint density at radius 3 is 2.79 bits per heavy atom. The van der Waals surface area contributed by atoms with Crippen LogP contribution in [0.5, 0.6) is 0 Å². The first-order valence-electron chi connectivity index (χ1n) is 3.87. The van der Waals surface area contributed by atoms with Crippen molar-refractivity contribution in [3.63, 3.8) is 0 Å². The van der Waals surface area contributed by atoms with Crippen molar-refractivity contribution in [3.8, 4) is 0 Å². The molecule has 0 aliphatic carbocycles. The van der Waals surface area contributed by atoms with Crippen molar-refractivity contribution in [3.05, 3.63) is 45.2 Å². The van der Waals surface area contributed by atoms with Crippen LogP contribution in [0, 0.1) is 10.1 Å². The molecule has 0 fully saturated rings. The highest BCUT2D eigenvalue weighted by Gasteiger charge is 2.12. The number of aromatic nitrogens is 1. The molecule has 0 radical (unpaired) electrons. The Bertz CT molecular complexity index is 513. The Hall–Kier alpha value is -1.49. The number of hydrogen-bond acceptors (Lipinski definition) is 3. The average Bonchev–Trinajstić information content (AvgIpc) is 2.18. The highest BCUT2D eigenvalue weighted by atomic mass is 79.9. The summed E-state index contributed by atoms with van der Waals surface area (Å²) in [5.74, 6) is 0. The van der Waals surface area contributed by atoms with Gasteiger partial charge < -0.3 is 0 Å². The zero-order valence-electron chi connectivity index (χ0n) is 6.98. The Balaban J connectivity index is 2.88. The summed E-state index contributed by atoms with van der Waals surface area (Å²) in [4.78, 5) is 14.2. The normalized spacial score (nSPS) is 10.4. The average molecular weight is 253 g/mol. The van der Waals surface area contributed by atoms with Gasteiger partial charge in [-0.25, -0.2) is 0 Å². The van der Waals surface area contributed by atoms with Gasteiger partial charge in [0.2, 0.25) is 0 Å². The molecule has 2 aromatic rings. The van der Waals surface area contributed by atoms with Crippen LogP contribution in [0.25, 0.3) is 10.8 Å². The fraction of sp³-hybridized carbons (Fsp3) is 0. The number of halogens is 1. The van der Waals surface area contributed by atoms with E-state index in [0.29, 0.717) is 5.39 Å². The van der Waals surface area contributed by atoms with E-state index in [9.17, 15) is 10.1 Å². The van der Waals surface area contributed by atoms with Crippen LogP contribution >= 0.6 is 15.9 Å². The van der Waals surface area contributed by atoms with Crippen LogP contribution in [0.1, 0.15) is 0 Å². The van der Waals surface area contributed by atoms with E-state index in [1.807, 2.05) is 0 Å². The first-order valence-corrected chi connectivity index (χ1v) is 4.66. The summed E-state index contributed by atoms with van der Waals surface area (Å²) >= 11 is 3.32. The van der Waals surface area contributed by atoms with Crippen molar-refractivity contribution in [1.29, 1.82) is 0 Å². The van der Waals surface area contributed by atoms with E-state index >= 15 is 0 Å². The summed E-state index contributed by atoms with van der Waals surface area (Å²) in [6, 6.07) is 4.77. The number of nitro groups is 1. The molecule has 0 spiro atoms. The third-order valence-electron chi connectivity index (χ3n) is 1.94. The quantitative estimate of drug-likeness (QED) is 0.579. The third kappa shape index (κ3) is 1.35. The van der Waals surface area contributed by atoms with E-state index in [0.717, 1.165) is 9.86 Å². The van der Waals surface area contributed by atoms with E-state index < -0.39 is 4.92 Å². The molecular weight excluding hydrogens is 248 g/mol. The monoisotopic (exact) mass is 252 g/mol. The van der Waals surface area contributed by atoms with Gasteiger partial charge in [0, 0.05) is 28.3 Å². The molecule has 5 heteroatoms. The standard InChI is InChI=1S/C9H5BrN2O2/c10-8-1-2-9(12(13)14)6-3-4-11-5-7(6)8/h1-5H. The first-order chi connectivity index (χ1) is 6.70. The molecule has 2 rings (SSSR count). The second-order valence-electron chi connectivity index (χ2n) is 2.74. The topological polar surface area (TPSA) is 56.0 Å². The molecule has 0 amide bonds. The minimum Gasteiger partial charge on any atom is -0.264 e. The molecule has 0 atom stereocenters. The maximum atomic E-state index is 10.7. The number of benzene rings is 1. The van der Waals surface area contributed by atoms with E-state index in [1.165, 1.54) is 6.07 Å². The molecule has 0 saturated carbocycles. The van der Waals surface area contributed by atoms with Crippen molar-refractivity contribution in [2.24, 2.45) is 0 Å². The van der Waals surface area contributed by atoms with E-state index in [-0.39, 0.29) is 5.69 Å². The van der Waals surface area contributed by atoms with Gasteiger partial charge in [-0.1, -0.05) is 15.9 Å². The lowest BCUT2D eigenvalue weighted by atomic mass is 10.1. The van der Waals surface area contributed by atoms with Crippen LogP contribution in [-0.4, -0.2) is 9.91 Å². The van der Waals surface area contributed by atoms with Crippen LogP contribution in [0.15, 0.2) is 35.1 Å². The van der Waals surface area contributed by atoms with Crippen LogP contribution in [0.3, 0.4) is 0 Å². The van der Waals surface area contributed by atoms with Gasteiger partial charge in [-0.2, -0.15) is 0 Å². The second-order valence-corrected chi connectivity index (χ2v) is 3.60. The molecule has 4 nitrogen and oxygen atoms in total. The van der Waals surface area contributed by atoms with E-state index in [1.54, 1.807) is 24.5 Å². The van der Waals surface area contributed by atoms with Gasteiger partial charge in [-0.3, -0.25) is 15.1 Å². The number of pyridine rings is 1. The van der Waals surface area contributed by atoms with Crippen LogP contribution < -0.4 is 0 Å². The summed E-state index contributed by atoms with van der Waals surface area (Å²) < 4.78 is 0.811. The zero-order valence-corrected chi connectivity index (χ0v) is 8.56. The number of nitro benzene ring substituents is 1. The molecule has 1 heterocycles. The van der Waals surface area contributed by atoms with E-state index in [2.05, 4.69) is 20.9 Å². The predicted molar refractivity (Wildman–Crippen MR) is 56.1 cm³/mol. The Labute approximate surface area is 87.9 Å². The van der Waals surface area contributed by atoms with Gasteiger partial charge in [-0.15, -0.1) is 0 Å². The number of non-ortho nitro benzene ring substituents is 1. The Morgan fingerprint density at radius 2 is 2.07 bits per heavy atom. The summed E-state index contributed by atoms with van der Waals surface area (Å²) in [5.41, 5.74) is 0.102. The van der Waals surface area contributed by atoms with Crippen LogP contribution in [0.4, 0.5) is 5.69 Å². The number of hydrogen-bond donors (Lipinski definition) is 0. The molecule has 14 heavy (non-hydrogen) atoms. The molecule has 1 aromatic heterocycles. The first kappa shape index (κ1) is 9.08. The maximum Gasteiger partial charge on any atom is 0.277 e. The maximum absolute atomic E-state index is 10.7. The molecule has 0 N–H and O–H groups in total. The number of rotatable bonds is 1. The minimum atomic E-state index is -0.394. The second kappa shape index (κ2) is 3.34. The number of fused-ring (bicyclic) bond motifs is 1. The van der Waals surface area contributed by atoms with E-state index in [4.69, 9.17) is 0 Å². The van der Waals surface area contributed by atoms with Gasteiger partial charge in [0.25, 0.3) is 5.69 Å². The van der Waals surface area contributed by atoms with Crippen molar-refractivity contribution >= 4 is 32.4 Å². The van der Waals surface area contributed by atoms with Gasteiger partial charge in [-0.05, 0) is 12.1 Å². The molecule has 1 aromatic carbocycles. The molecule has 0 saturated heterocycles. The van der Waals surface area contributed by atoms with Crippen LogP contribution in [-0.2, 0) is 0 Å².